The number of rotatable bonds is 5. The Morgan fingerprint density at radius 1 is 1.14 bits per heavy atom. The Bertz CT molecular complexity index is 1090. The van der Waals surface area contributed by atoms with Gasteiger partial charge in [-0.15, -0.1) is 0 Å². The van der Waals surface area contributed by atoms with Crippen LogP contribution in [0.2, 0.25) is 0 Å². The Balaban J connectivity index is 0.00000136. The number of nitrogens with one attached hydrogen (secondary N) is 1. The molecule has 28 heavy (non-hydrogen) atoms. The van der Waals surface area contributed by atoms with Crippen LogP contribution in [0.25, 0.3) is 27.7 Å². The van der Waals surface area contributed by atoms with E-state index < -0.39 is 0 Å². The zero-order valence-electron chi connectivity index (χ0n) is 16.4. The number of carbonyl (C=O) groups excluding carboxylic acids is 1. The highest BCUT2D eigenvalue weighted by Crippen LogP contribution is 2.30. The molecule has 0 amide bonds. The molecule has 2 aromatic heterocycles. The van der Waals surface area contributed by atoms with Gasteiger partial charge in [-0.25, -0.2) is 4.98 Å². The molecule has 0 bridgehead atoms. The van der Waals surface area contributed by atoms with E-state index in [9.17, 15) is 9.59 Å². The van der Waals surface area contributed by atoms with Gasteiger partial charge in [-0.2, -0.15) is 0 Å². The van der Waals surface area contributed by atoms with Crippen LogP contribution in [0, 0.1) is 0 Å². The summed E-state index contributed by atoms with van der Waals surface area (Å²) in [7, 11) is 0. The standard InChI is InChI=1S/C22H18N2O2.C2H6/c1-3-5-6-16(4-2)18-13-19-20(11-12-23-22(19)26)24-21(18)17-9-7-15(14-25)8-10-17;1-2/h3-14H,1H2,2H3,(H,23,26);1-2H3/b6-5-,16-4+;. The van der Waals surface area contributed by atoms with Crippen molar-refractivity contribution in [1.82, 2.24) is 9.97 Å². The lowest BCUT2D eigenvalue weighted by atomic mass is 9.96. The van der Waals surface area contributed by atoms with Crippen LogP contribution in [0.1, 0.15) is 36.7 Å². The van der Waals surface area contributed by atoms with E-state index in [-0.39, 0.29) is 5.56 Å². The Kier molecular flexibility index (Phi) is 7.40. The molecule has 4 nitrogen and oxygen atoms in total. The number of benzene rings is 1. The predicted octanol–water partition coefficient (Wildman–Crippen LogP) is 5.57. The van der Waals surface area contributed by atoms with Gasteiger partial charge in [-0.3, -0.25) is 9.59 Å². The highest BCUT2D eigenvalue weighted by Gasteiger charge is 2.13. The second kappa shape index (κ2) is 9.97. The van der Waals surface area contributed by atoms with Crippen molar-refractivity contribution in [3.05, 3.63) is 95.0 Å². The van der Waals surface area contributed by atoms with E-state index in [4.69, 9.17) is 4.98 Å². The maximum absolute atomic E-state index is 12.2. The fourth-order valence-electron chi connectivity index (χ4n) is 2.78. The highest BCUT2D eigenvalue weighted by atomic mass is 16.1. The van der Waals surface area contributed by atoms with Gasteiger partial charge in [-0.05, 0) is 24.6 Å². The van der Waals surface area contributed by atoms with Crippen molar-refractivity contribution in [1.29, 1.82) is 0 Å². The maximum atomic E-state index is 12.2. The van der Waals surface area contributed by atoms with Gasteiger partial charge >= 0.3 is 0 Å². The van der Waals surface area contributed by atoms with E-state index >= 15 is 0 Å². The number of aldehydes is 1. The smallest absolute Gasteiger partial charge is 0.257 e. The summed E-state index contributed by atoms with van der Waals surface area (Å²) < 4.78 is 0. The van der Waals surface area contributed by atoms with Gasteiger partial charge in [0.05, 0.1) is 16.6 Å². The number of allylic oxidation sites excluding steroid dienone is 5. The first-order chi connectivity index (χ1) is 13.7. The van der Waals surface area contributed by atoms with Gasteiger partial charge in [0.1, 0.15) is 6.29 Å². The number of aromatic nitrogens is 2. The summed E-state index contributed by atoms with van der Waals surface area (Å²) in [5.74, 6) is 0. The van der Waals surface area contributed by atoms with Crippen LogP contribution in [-0.2, 0) is 0 Å². The van der Waals surface area contributed by atoms with Gasteiger partial charge in [0.15, 0.2) is 0 Å². The average molecular weight is 372 g/mol. The topological polar surface area (TPSA) is 62.8 Å². The lowest BCUT2D eigenvalue weighted by molar-refractivity contribution is 0.112. The molecule has 0 unspecified atom stereocenters. The number of fused-ring (bicyclic) bond motifs is 1. The number of aromatic amines is 1. The summed E-state index contributed by atoms with van der Waals surface area (Å²) in [6, 6.07) is 10.9. The van der Waals surface area contributed by atoms with Gasteiger partial charge in [0, 0.05) is 22.9 Å². The minimum absolute atomic E-state index is 0.178. The maximum Gasteiger partial charge on any atom is 0.257 e. The lowest BCUT2D eigenvalue weighted by Gasteiger charge is -2.12. The molecule has 4 heteroatoms. The molecular formula is C24H24N2O2. The molecule has 0 radical (unpaired) electrons. The van der Waals surface area contributed by atoms with E-state index in [0.29, 0.717) is 16.5 Å². The quantitative estimate of drug-likeness (QED) is 0.470. The zero-order valence-corrected chi connectivity index (χ0v) is 16.4. The van der Waals surface area contributed by atoms with Gasteiger partial charge in [-0.1, -0.05) is 69.0 Å². The number of hydrogen-bond donors (Lipinski definition) is 1. The van der Waals surface area contributed by atoms with Crippen molar-refractivity contribution in [2.24, 2.45) is 0 Å². The Labute approximate surface area is 165 Å². The second-order valence-electron chi connectivity index (χ2n) is 5.70. The van der Waals surface area contributed by atoms with Gasteiger partial charge < -0.3 is 4.98 Å². The molecule has 0 fully saturated rings. The van der Waals surface area contributed by atoms with Crippen LogP contribution in [-0.4, -0.2) is 16.3 Å². The fraction of sp³-hybridized carbons (Fsp3) is 0.125. The van der Waals surface area contributed by atoms with E-state index in [1.165, 1.54) is 0 Å². The van der Waals surface area contributed by atoms with E-state index in [0.717, 1.165) is 28.7 Å². The van der Waals surface area contributed by atoms with Crippen LogP contribution < -0.4 is 5.56 Å². The van der Waals surface area contributed by atoms with E-state index in [1.54, 1.807) is 30.5 Å². The summed E-state index contributed by atoms with van der Waals surface area (Å²) >= 11 is 0. The van der Waals surface area contributed by atoms with Gasteiger partial charge in [0.2, 0.25) is 0 Å². The van der Waals surface area contributed by atoms with Gasteiger partial charge in [0.25, 0.3) is 5.56 Å². The third kappa shape index (κ3) is 4.41. The highest BCUT2D eigenvalue weighted by molar-refractivity contribution is 5.91. The second-order valence-corrected chi connectivity index (χ2v) is 5.70. The zero-order chi connectivity index (χ0) is 20.5. The Morgan fingerprint density at radius 2 is 1.86 bits per heavy atom. The predicted molar refractivity (Wildman–Crippen MR) is 118 cm³/mol. The van der Waals surface area contributed by atoms with Crippen molar-refractivity contribution in [2.45, 2.75) is 20.8 Å². The molecule has 0 aliphatic heterocycles. The monoisotopic (exact) mass is 372 g/mol. The molecular weight excluding hydrogens is 348 g/mol. The van der Waals surface area contributed by atoms with Crippen molar-refractivity contribution in [3.63, 3.8) is 0 Å². The molecule has 3 aromatic rings. The van der Waals surface area contributed by atoms with Crippen LogP contribution in [0.5, 0.6) is 0 Å². The summed E-state index contributed by atoms with van der Waals surface area (Å²) in [5, 5.41) is 0.530. The third-order valence-electron chi connectivity index (χ3n) is 4.11. The van der Waals surface area contributed by atoms with E-state index in [1.807, 2.05) is 57.2 Å². The molecule has 1 aromatic carbocycles. The third-order valence-corrected chi connectivity index (χ3v) is 4.11. The first-order valence-corrected chi connectivity index (χ1v) is 9.21. The fourth-order valence-corrected chi connectivity index (χ4v) is 2.78. The molecule has 0 aliphatic rings. The van der Waals surface area contributed by atoms with Crippen LogP contribution in [0.15, 0.2) is 78.3 Å². The number of carbonyl (C=O) groups is 1. The molecule has 0 saturated heterocycles. The minimum Gasteiger partial charge on any atom is -0.328 e. The first kappa shape index (κ1) is 20.8. The number of hydrogen-bond acceptors (Lipinski definition) is 3. The van der Waals surface area contributed by atoms with Crippen molar-refractivity contribution in [2.75, 3.05) is 0 Å². The van der Waals surface area contributed by atoms with Crippen LogP contribution in [0.3, 0.4) is 0 Å². The van der Waals surface area contributed by atoms with Crippen molar-refractivity contribution < 1.29 is 4.79 Å². The van der Waals surface area contributed by atoms with E-state index in [2.05, 4.69) is 11.6 Å². The summed E-state index contributed by atoms with van der Waals surface area (Å²) in [6.45, 7) is 9.64. The summed E-state index contributed by atoms with van der Waals surface area (Å²) in [4.78, 5) is 30.5. The normalized spacial score (nSPS) is 11.2. The molecule has 3 rings (SSSR count). The summed E-state index contributed by atoms with van der Waals surface area (Å²) in [5.41, 5.74) is 4.44. The Hall–Kier alpha value is -3.53. The first-order valence-electron chi connectivity index (χ1n) is 9.21. The molecule has 0 aliphatic carbocycles. The average Bonchev–Trinajstić information content (AvgIpc) is 2.76. The Morgan fingerprint density at radius 3 is 2.46 bits per heavy atom. The molecule has 0 atom stereocenters. The van der Waals surface area contributed by atoms with Crippen LogP contribution >= 0.6 is 0 Å². The van der Waals surface area contributed by atoms with Crippen molar-refractivity contribution in [3.8, 4) is 11.3 Å². The number of H-pyrrole nitrogens is 1. The molecule has 2 heterocycles. The lowest BCUT2D eigenvalue weighted by Crippen LogP contribution is -2.07. The largest absolute Gasteiger partial charge is 0.328 e. The summed E-state index contributed by atoms with van der Waals surface area (Å²) in [6.07, 6.45) is 9.82. The van der Waals surface area contributed by atoms with Crippen molar-refractivity contribution >= 4 is 22.8 Å². The molecule has 0 saturated carbocycles. The SMILES string of the molecule is C=C/C=C\C(=C/C)c1cc2c(=O)[nH]ccc2nc1-c1ccc(C=O)cc1.CC. The molecule has 142 valence electrons. The number of pyridine rings is 2. The minimum atomic E-state index is -0.178. The number of nitrogens with zero attached hydrogens (tertiary/aromatic N) is 1. The molecule has 0 spiro atoms. The molecule has 1 N–H and O–H groups in total. The van der Waals surface area contributed by atoms with Crippen LogP contribution in [0.4, 0.5) is 0 Å².